The summed E-state index contributed by atoms with van der Waals surface area (Å²) in [5.74, 6) is 1.15. The Morgan fingerprint density at radius 3 is 2.86 bits per heavy atom. The topological polar surface area (TPSA) is 9.23 Å². The summed E-state index contributed by atoms with van der Waals surface area (Å²) in [6, 6.07) is 4.34. The van der Waals surface area contributed by atoms with E-state index in [9.17, 15) is 0 Å². The van der Waals surface area contributed by atoms with Crippen LogP contribution in [0.2, 0.25) is 0 Å². The highest BCUT2D eigenvalue weighted by atomic mass is 79.9. The highest BCUT2D eigenvalue weighted by Crippen LogP contribution is 2.30. The fourth-order valence-electron chi connectivity index (χ4n) is 1.47. The van der Waals surface area contributed by atoms with Gasteiger partial charge in [0.1, 0.15) is 0 Å². The minimum absolute atomic E-state index is 0.810. The molecule has 2 heterocycles. The molecule has 0 bridgehead atoms. The molecule has 0 radical (unpaired) electrons. The SMILES string of the molecule is Brc1ccc(CSC2CCOCC2)s1. The number of hydrogen-bond acceptors (Lipinski definition) is 3. The number of thiophene rings is 1. The van der Waals surface area contributed by atoms with Gasteiger partial charge in [-0.1, -0.05) is 0 Å². The number of thioether (sulfide) groups is 1. The first-order valence-corrected chi connectivity index (χ1v) is 7.44. The molecule has 1 fully saturated rings. The molecule has 1 nitrogen and oxygen atoms in total. The van der Waals surface area contributed by atoms with E-state index in [1.54, 1.807) is 0 Å². The van der Waals surface area contributed by atoms with Crippen LogP contribution in [0.4, 0.5) is 0 Å². The first kappa shape index (κ1) is 11.0. The molecule has 0 saturated carbocycles. The van der Waals surface area contributed by atoms with Crippen LogP contribution >= 0.6 is 39.0 Å². The van der Waals surface area contributed by atoms with E-state index in [1.165, 1.54) is 21.5 Å². The molecule has 78 valence electrons. The van der Waals surface area contributed by atoms with E-state index in [-0.39, 0.29) is 0 Å². The third-order valence-electron chi connectivity index (χ3n) is 2.26. The minimum Gasteiger partial charge on any atom is -0.381 e. The molecule has 0 N–H and O–H groups in total. The summed E-state index contributed by atoms with van der Waals surface area (Å²) in [5, 5.41) is 0.810. The van der Waals surface area contributed by atoms with Gasteiger partial charge in [-0.2, -0.15) is 11.8 Å². The molecular weight excluding hydrogens is 280 g/mol. The number of rotatable bonds is 3. The second-order valence-electron chi connectivity index (χ2n) is 3.33. The van der Waals surface area contributed by atoms with Crippen LogP contribution in [-0.2, 0) is 10.5 Å². The van der Waals surface area contributed by atoms with Crippen molar-refractivity contribution in [3.63, 3.8) is 0 Å². The highest BCUT2D eigenvalue weighted by Gasteiger charge is 2.14. The monoisotopic (exact) mass is 292 g/mol. The van der Waals surface area contributed by atoms with Gasteiger partial charge in [0.05, 0.1) is 3.79 Å². The summed E-state index contributed by atoms with van der Waals surface area (Å²) in [7, 11) is 0. The minimum atomic E-state index is 0.810. The third-order valence-corrected chi connectivity index (χ3v) is 5.49. The summed E-state index contributed by atoms with van der Waals surface area (Å²) in [6.07, 6.45) is 2.44. The van der Waals surface area contributed by atoms with Crippen molar-refractivity contribution in [2.45, 2.75) is 23.8 Å². The molecule has 0 aliphatic carbocycles. The normalized spacial score (nSPS) is 18.6. The van der Waals surface area contributed by atoms with E-state index >= 15 is 0 Å². The van der Waals surface area contributed by atoms with Gasteiger partial charge < -0.3 is 4.74 Å². The van der Waals surface area contributed by atoms with Crippen molar-refractivity contribution in [1.29, 1.82) is 0 Å². The van der Waals surface area contributed by atoms with Gasteiger partial charge in [0.15, 0.2) is 0 Å². The molecule has 2 rings (SSSR count). The Labute approximate surface area is 101 Å². The molecule has 0 amide bonds. The predicted octanol–water partition coefficient (Wildman–Crippen LogP) is 3.92. The number of ether oxygens (including phenoxy) is 1. The third kappa shape index (κ3) is 3.26. The molecule has 0 unspecified atom stereocenters. The van der Waals surface area contributed by atoms with E-state index in [4.69, 9.17) is 4.74 Å². The Morgan fingerprint density at radius 2 is 2.21 bits per heavy atom. The number of hydrogen-bond donors (Lipinski definition) is 0. The summed E-state index contributed by atoms with van der Waals surface area (Å²) in [5.41, 5.74) is 0. The molecule has 1 aliphatic rings. The van der Waals surface area contributed by atoms with Crippen LogP contribution in [0.1, 0.15) is 17.7 Å². The van der Waals surface area contributed by atoms with Crippen LogP contribution in [0.25, 0.3) is 0 Å². The van der Waals surface area contributed by atoms with Gasteiger partial charge in [-0.05, 0) is 40.9 Å². The van der Waals surface area contributed by atoms with E-state index in [1.807, 2.05) is 11.3 Å². The van der Waals surface area contributed by atoms with Crippen LogP contribution in [0.5, 0.6) is 0 Å². The lowest BCUT2D eigenvalue weighted by Gasteiger charge is -2.20. The van der Waals surface area contributed by atoms with Crippen molar-refractivity contribution in [2.24, 2.45) is 0 Å². The van der Waals surface area contributed by atoms with Crippen molar-refractivity contribution in [3.8, 4) is 0 Å². The van der Waals surface area contributed by atoms with Crippen LogP contribution in [-0.4, -0.2) is 18.5 Å². The van der Waals surface area contributed by atoms with Gasteiger partial charge in [0.25, 0.3) is 0 Å². The van der Waals surface area contributed by atoms with Gasteiger partial charge in [-0.15, -0.1) is 11.3 Å². The Balaban J connectivity index is 1.76. The summed E-state index contributed by atoms with van der Waals surface area (Å²) in [4.78, 5) is 1.47. The van der Waals surface area contributed by atoms with Gasteiger partial charge in [0, 0.05) is 29.1 Å². The zero-order chi connectivity index (χ0) is 9.80. The zero-order valence-electron chi connectivity index (χ0n) is 7.87. The summed E-state index contributed by atoms with van der Waals surface area (Å²) < 4.78 is 6.57. The molecule has 0 spiro atoms. The van der Waals surface area contributed by atoms with Gasteiger partial charge in [-0.25, -0.2) is 0 Å². The molecule has 1 saturated heterocycles. The van der Waals surface area contributed by atoms with Crippen LogP contribution < -0.4 is 0 Å². The second kappa shape index (κ2) is 5.54. The lowest BCUT2D eigenvalue weighted by molar-refractivity contribution is 0.1000. The van der Waals surface area contributed by atoms with Crippen LogP contribution in [0.3, 0.4) is 0 Å². The van der Waals surface area contributed by atoms with E-state index in [0.29, 0.717) is 0 Å². The lowest BCUT2D eigenvalue weighted by Crippen LogP contribution is -2.17. The molecule has 1 aliphatic heterocycles. The largest absolute Gasteiger partial charge is 0.381 e. The molecule has 1 aromatic heterocycles. The average Bonchev–Trinajstić information content (AvgIpc) is 2.63. The standard InChI is InChI=1S/C10H13BrOS2/c11-10-2-1-9(14-10)7-13-8-3-5-12-6-4-8/h1-2,8H,3-7H2. The molecule has 0 aromatic carbocycles. The molecule has 1 aromatic rings. The van der Waals surface area contributed by atoms with Crippen molar-refractivity contribution >= 4 is 39.0 Å². The Hall–Kier alpha value is 0.490. The Kier molecular flexibility index (Phi) is 4.35. The molecule has 4 heteroatoms. The maximum Gasteiger partial charge on any atom is 0.0701 e. The van der Waals surface area contributed by atoms with Gasteiger partial charge in [-0.3, -0.25) is 0 Å². The quantitative estimate of drug-likeness (QED) is 0.835. The first-order valence-electron chi connectivity index (χ1n) is 4.78. The lowest BCUT2D eigenvalue weighted by atomic mass is 10.2. The number of halogens is 1. The smallest absolute Gasteiger partial charge is 0.0701 e. The predicted molar refractivity (Wildman–Crippen MR) is 67.2 cm³/mol. The van der Waals surface area contributed by atoms with E-state index in [0.717, 1.165) is 24.2 Å². The highest BCUT2D eigenvalue weighted by molar-refractivity contribution is 9.11. The van der Waals surface area contributed by atoms with Gasteiger partial charge >= 0.3 is 0 Å². The zero-order valence-corrected chi connectivity index (χ0v) is 11.1. The first-order chi connectivity index (χ1) is 6.84. The van der Waals surface area contributed by atoms with E-state index in [2.05, 4.69) is 39.8 Å². The van der Waals surface area contributed by atoms with Crippen molar-refractivity contribution in [1.82, 2.24) is 0 Å². The summed E-state index contributed by atoms with van der Waals surface area (Å²) >= 11 is 7.40. The average molecular weight is 293 g/mol. The fraction of sp³-hybridized carbons (Fsp3) is 0.600. The van der Waals surface area contributed by atoms with E-state index < -0.39 is 0 Å². The molecular formula is C10H13BrOS2. The Bertz CT molecular complexity index is 281. The van der Waals surface area contributed by atoms with Crippen molar-refractivity contribution < 1.29 is 4.74 Å². The van der Waals surface area contributed by atoms with Crippen LogP contribution in [0, 0.1) is 0 Å². The van der Waals surface area contributed by atoms with Gasteiger partial charge in [0.2, 0.25) is 0 Å². The summed E-state index contributed by atoms with van der Waals surface area (Å²) in [6.45, 7) is 1.90. The molecule has 0 atom stereocenters. The second-order valence-corrected chi connectivity index (χ2v) is 7.16. The van der Waals surface area contributed by atoms with Crippen molar-refractivity contribution in [3.05, 3.63) is 20.8 Å². The van der Waals surface area contributed by atoms with Crippen LogP contribution in [0.15, 0.2) is 15.9 Å². The maximum absolute atomic E-state index is 5.34. The fourth-order valence-corrected chi connectivity index (χ4v) is 4.21. The molecule has 14 heavy (non-hydrogen) atoms. The van der Waals surface area contributed by atoms with Crippen molar-refractivity contribution in [2.75, 3.05) is 13.2 Å². The Morgan fingerprint density at radius 1 is 1.43 bits per heavy atom. The maximum atomic E-state index is 5.34.